The fourth-order valence-corrected chi connectivity index (χ4v) is 3.06. The molecule has 5 nitrogen and oxygen atoms in total. The number of amides is 1. The summed E-state index contributed by atoms with van der Waals surface area (Å²) in [5.41, 5.74) is -0.802. The first kappa shape index (κ1) is 15.3. The molecule has 1 amide bonds. The summed E-state index contributed by atoms with van der Waals surface area (Å²) in [4.78, 5) is 24.6. The van der Waals surface area contributed by atoms with Gasteiger partial charge in [-0.15, -0.1) is 0 Å². The highest BCUT2D eigenvalue weighted by molar-refractivity contribution is 5.89. The largest absolute Gasteiger partial charge is 0.467 e. The van der Waals surface area contributed by atoms with Gasteiger partial charge < -0.3 is 15.4 Å². The zero-order chi connectivity index (χ0) is 14.8. The number of esters is 1. The summed E-state index contributed by atoms with van der Waals surface area (Å²) in [6, 6.07) is 0. The van der Waals surface area contributed by atoms with E-state index in [1.165, 1.54) is 7.11 Å². The highest BCUT2D eigenvalue weighted by Crippen LogP contribution is 2.33. The van der Waals surface area contributed by atoms with E-state index in [1.807, 2.05) is 6.92 Å². The minimum atomic E-state index is -0.802. The van der Waals surface area contributed by atoms with Crippen LogP contribution in [0.1, 0.15) is 39.5 Å². The van der Waals surface area contributed by atoms with Gasteiger partial charge in [0.05, 0.1) is 7.11 Å². The quantitative estimate of drug-likeness (QED) is 0.757. The summed E-state index contributed by atoms with van der Waals surface area (Å²) in [7, 11) is 1.40. The smallest absolute Gasteiger partial charge is 0.331 e. The Morgan fingerprint density at radius 3 is 2.35 bits per heavy atom. The third kappa shape index (κ3) is 2.97. The maximum Gasteiger partial charge on any atom is 0.331 e. The number of hydrogen-bond acceptors (Lipinski definition) is 4. The molecule has 5 heteroatoms. The highest BCUT2D eigenvalue weighted by atomic mass is 16.5. The van der Waals surface area contributed by atoms with Gasteiger partial charge in [-0.3, -0.25) is 4.79 Å². The molecule has 1 saturated heterocycles. The number of rotatable bonds is 4. The van der Waals surface area contributed by atoms with Crippen LogP contribution in [-0.2, 0) is 14.3 Å². The maximum atomic E-state index is 12.4. The predicted molar refractivity (Wildman–Crippen MR) is 76.0 cm³/mol. The van der Waals surface area contributed by atoms with Gasteiger partial charge in [0, 0.05) is 5.92 Å². The maximum absolute atomic E-state index is 12.4. The number of carbonyl (C=O) groups is 2. The molecule has 0 radical (unpaired) electrons. The summed E-state index contributed by atoms with van der Waals surface area (Å²) in [6.07, 6.45) is 3.27. The first-order chi connectivity index (χ1) is 9.48. The topological polar surface area (TPSA) is 67.4 Å². The van der Waals surface area contributed by atoms with E-state index in [0.717, 1.165) is 25.9 Å². The molecule has 114 valence electrons. The molecular formula is C15H26N2O3. The van der Waals surface area contributed by atoms with Crippen molar-refractivity contribution in [3.63, 3.8) is 0 Å². The Morgan fingerprint density at radius 1 is 1.30 bits per heavy atom. The predicted octanol–water partition coefficient (Wildman–Crippen LogP) is 1.08. The molecule has 2 aliphatic rings. The van der Waals surface area contributed by atoms with Crippen LogP contribution in [0, 0.1) is 17.8 Å². The van der Waals surface area contributed by atoms with Crippen LogP contribution >= 0.6 is 0 Å². The van der Waals surface area contributed by atoms with Gasteiger partial charge in [-0.05, 0) is 50.6 Å². The van der Waals surface area contributed by atoms with Crippen LogP contribution in [0.15, 0.2) is 0 Å². The van der Waals surface area contributed by atoms with Gasteiger partial charge in [-0.1, -0.05) is 13.8 Å². The molecule has 1 aliphatic carbocycles. The van der Waals surface area contributed by atoms with E-state index in [2.05, 4.69) is 17.6 Å². The molecule has 2 rings (SSSR count). The van der Waals surface area contributed by atoms with Crippen molar-refractivity contribution in [3.8, 4) is 0 Å². The van der Waals surface area contributed by atoms with Crippen molar-refractivity contribution >= 4 is 11.9 Å². The summed E-state index contributed by atoms with van der Waals surface area (Å²) in [5.74, 6) is 0.621. The third-order valence-electron chi connectivity index (χ3n) is 5.00. The van der Waals surface area contributed by atoms with E-state index in [9.17, 15) is 9.59 Å². The molecule has 1 atom stereocenters. The number of methoxy groups -OCH3 is 1. The van der Waals surface area contributed by atoms with Gasteiger partial charge >= 0.3 is 5.97 Å². The van der Waals surface area contributed by atoms with Crippen molar-refractivity contribution in [1.29, 1.82) is 0 Å². The Labute approximate surface area is 120 Å². The van der Waals surface area contributed by atoms with Crippen molar-refractivity contribution in [2.24, 2.45) is 17.8 Å². The molecule has 20 heavy (non-hydrogen) atoms. The molecule has 1 aliphatic heterocycles. The number of hydrogen-bond donors (Lipinski definition) is 2. The molecule has 0 aromatic rings. The monoisotopic (exact) mass is 282 g/mol. The Balaban J connectivity index is 2.03. The van der Waals surface area contributed by atoms with E-state index >= 15 is 0 Å². The molecule has 0 bridgehead atoms. The molecule has 1 heterocycles. The molecule has 2 fully saturated rings. The SMILES string of the molecule is COC(=O)C1(NC(=O)C(C)C2CNC2)CCC(C)CC1. The number of carbonyl (C=O) groups excluding carboxylic acids is 2. The lowest BCUT2D eigenvalue weighted by molar-refractivity contribution is -0.154. The van der Waals surface area contributed by atoms with E-state index in [-0.39, 0.29) is 17.8 Å². The molecule has 2 N–H and O–H groups in total. The van der Waals surface area contributed by atoms with Crippen LogP contribution < -0.4 is 10.6 Å². The van der Waals surface area contributed by atoms with E-state index in [4.69, 9.17) is 4.74 Å². The van der Waals surface area contributed by atoms with Crippen LogP contribution in [0.4, 0.5) is 0 Å². The zero-order valence-electron chi connectivity index (χ0n) is 12.7. The molecular weight excluding hydrogens is 256 g/mol. The second-order valence-corrected chi connectivity index (χ2v) is 6.45. The fourth-order valence-electron chi connectivity index (χ4n) is 3.06. The van der Waals surface area contributed by atoms with Crippen LogP contribution in [-0.4, -0.2) is 37.6 Å². The standard InChI is InChI=1S/C15H26N2O3/c1-10-4-6-15(7-5-10,14(19)20-3)17-13(18)11(2)12-8-16-9-12/h10-12,16H,4-9H2,1-3H3,(H,17,18). The Bertz CT molecular complexity index is 371. The summed E-state index contributed by atoms with van der Waals surface area (Å²) >= 11 is 0. The first-order valence-corrected chi connectivity index (χ1v) is 7.59. The van der Waals surface area contributed by atoms with Crippen LogP contribution in [0.25, 0.3) is 0 Å². The molecule has 1 unspecified atom stereocenters. The second kappa shape index (κ2) is 6.12. The van der Waals surface area contributed by atoms with E-state index < -0.39 is 5.54 Å². The van der Waals surface area contributed by atoms with Crippen molar-refractivity contribution < 1.29 is 14.3 Å². The fraction of sp³-hybridized carbons (Fsp3) is 0.867. The third-order valence-corrected chi connectivity index (χ3v) is 5.00. The normalized spacial score (nSPS) is 32.0. The van der Waals surface area contributed by atoms with Gasteiger partial charge in [-0.25, -0.2) is 4.79 Å². The van der Waals surface area contributed by atoms with Crippen molar-refractivity contribution in [2.45, 2.75) is 45.1 Å². The highest BCUT2D eigenvalue weighted by Gasteiger charge is 2.44. The summed E-state index contributed by atoms with van der Waals surface area (Å²) in [5, 5.41) is 6.19. The Hall–Kier alpha value is -1.10. The van der Waals surface area contributed by atoms with Crippen LogP contribution in [0.5, 0.6) is 0 Å². The first-order valence-electron chi connectivity index (χ1n) is 7.59. The average Bonchev–Trinajstić information content (AvgIpc) is 2.38. The van der Waals surface area contributed by atoms with Gasteiger partial charge in [0.1, 0.15) is 5.54 Å². The van der Waals surface area contributed by atoms with Crippen LogP contribution in [0.3, 0.4) is 0 Å². The van der Waals surface area contributed by atoms with Gasteiger partial charge in [0.25, 0.3) is 0 Å². The zero-order valence-corrected chi connectivity index (χ0v) is 12.7. The number of ether oxygens (including phenoxy) is 1. The molecule has 0 spiro atoms. The summed E-state index contributed by atoms with van der Waals surface area (Å²) in [6.45, 7) is 5.90. The van der Waals surface area contributed by atoms with Crippen molar-refractivity contribution in [1.82, 2.24) is 10.6 Å². The lowest BCUT2D eigenvalue weighted by atomic mass is 9.76. The Kier molecular flexibility index (Phi) is 4.68. The lowest BCUT2D eigenvalue weighted by Crippen LogP contribution is -2.59. The van der Waals surface area contributed by atoms with Crippen molar-refractivity contribution in [3.05, 3.63) is 0 Å². The Morgan fingerprint density at radius 2 is 1.90 bits per heavy atom. The number of nitrogens with one attached hydrogen (secondary N) is 2. The lowest BCUT2D eigenvalue weighted by Gasteiger charge is -2.39. The van der Waals surface area contributed by atoms with Gasteiger partial charge in [-0.2, -0.15) is 0 Å². The van der Waals surface area contributed by atoms with Crippen molar-refractivity contribution in [2.75, 3.05) is 20.2 Å². The molecule has 0 aromatic heterocycles. The average molecular weight is 282 g/mol. The second-order valence-electron chi connectivity index (χ2n) is 6.45. The van der Waals surface area contributed by atoms with E-state index in [0.29, 0.717) is 24.7 Å². The minimum Gasteiger partial charge on any atom is -0.467 e. The molecule has 0 aromatic carbocycles. The van der Waals surface area contributed by atoms with Gasteiger partial charge in [0.2, 0.25) is 5.91 Å². The molecule has 1 saturated carbocycles. The minimum absolute atomic E-state index is 0.0172. The summed E-state index contributed by atoms with van der Waals surface area (Å²) < 4.78 is 4.94. The van der Waals surface area contributed by atoms with Crippen LogP contribution in [0.2, 0.25) is 0 Å². The van der Waals surface area contributed by atoms with Gasteiger partial charge in [0.15, 0.2) is 0 Å². The van der Waals surface area contributed by atoms with E-state index in [1.54, 1.807) is 0 Å².